The number of piperidine rings is 1. The maximum atomic E-state index is 12.5. The number of nitrogens with one attached hydrogen (secondary N) is 3. The monoisotopic (exact) mass is 422 g/mol. The third-order valence-electron chi connectivity index (χ3n) is 4.71. The number of nitrogens with zero attached hydrogens (tertiary/aromatic N) is 3. The maximum Gasteiger partial charge on any atom is 0.319 e. The molecular formula is C21H22N6O2S. The number of carbonyl (C=O) groups excluding carboxylic acids is 2. The second kappa shape index (κ2) is 9.36. The molecule has 154 valence electrons. The predicted octanol–water partition coefficient (Wildman–Crippen LogP) is 3.58. The van der Waals surface area contributed by atoms with Gasteiger partial charge in [0.1, 0.15) is 0 Å². The van der Waals surface area contributed by atoms with Crippen molar-refractivity contribution in [1.29, 1.82) is 0 Å². The summed E-state index contributed by atoms with van der Waals surface area (Å²) in [5, 5.41) is 10.6. The third kappa shape index (κ3) is 5.12. The summed E-state index contributed by atoms with van der Waals surface area (Å²) in [5.41, 5.74) is 1.23. The summed E-state index contributed by atoms with van der Waals surface area (Å²) in [6.07, 6.45) is 5.29. The number of thiophene rings is 1. The van der Waals surface area contributed by atoms with Crippen LogP contribution >= 0.6 is 11.3 Å². The van der Waals surface area contributed by atoms with Crippen molar-refractivity contribution in [2.75, 3.05) is 28.6 Å². The summed E-state index contributed by atoms with van der Waals surface area (Å²) in [4.78, 5) is 36.0. The summed E-state index contributed by atoms with van der Waals surface area (Å²) in [6.45, 7) is 1.53. The number of rotatable bonds is 5. The molecule has 0 saturated carbocycles. The van der Waals surface area contributed by atoms with Crippen molar-refractivity contribution in [2.45, 2.75) is 18.9 Å². The van der Waals surface area contributed by atoms with Crippen LogP contribution in [0.4, 0.5) is 22.1 Å². The first-order valence-corrected chi connectivity index (χ1v) is 10.6. The van der Waals surface area contributed by atoms with Crippen molar-refractivity contribution >= 4 is 40.6 Å². The molecule has 1 aliphatic heterocycles. The lowest BCUT2D eigenvalue weighted by Gasteiger charge is -2.33. The highest BCUT2D eigenvalue weighted by Crippen LogP contribution is 2.18. The van der Waals surface area contributed by atoms with Gasteiger partial charge < -0.3 is 20.9 Å². The van der Waals surface area contributed by atoms with Gasteiger partial charge in [-0.05, 0) is 48.6 Å². The number of aromatic nitrogens is 2. The Bertz CT molecular complexity index is 996. The van der Waals surface area contributed by atoms with Gasteiger partial charge in [0.05, 0.1) is 4.88 Å². The van der Waals surface area contributed by atoms with Gasteiger partial charge in [0.25, 0.3) is 5.91 Å². The Morgan fingerprint density at radius 3 is 2.60 bits per heavy atom. The molecule has 1 aliphatic rings. The Kier molecular flexibility index (Phi) is 6.19. The molecule has 3 amide bonds. The van der Waals surface area contributed by atoms with Crippen LogP contribution in [0.25, 0.3) is 0 Å². The van der Waals surface area contributed by atoms with E-state index in [1.165, 1.54) is 11.3 Å². The SMILES string of the molecule is O=C(Nc1cccc(NC(=O)c2cccs2)c1)NC1CCCN(c2ncccn2)C1. The molecule has 1 fully saturated rings. The largest absolute Gasteiger partial charge is 0.339 e. The van der Waals surface area contributed by atoms with E-state index in [4.69, 9.17) is 0 Å². The molecule has 3 aromatic rings. The lowest BCUT2D eigenvalue weighted by Crippen LogP contribution is -2.49. The van der Waals surface area contributed by atoms with Gasteiger partial charge in [0, 0.05) is 42.9 Å². The van der Waals surface area contributed by atoms with Gasteiger partial charge in [0.15, 0.2) is 0 Å². The van der Waals surface area contributed by atoms with Gasteiger partial charge in [-0.25, -0.2) is 14.8 Å². The van der Waals surface area contributed by atoms with E-state index in [1.807, 2.05) is 11.4 Å². The molecule has 4 rings (SSSR count). The van der Waals surface area contributed by atoms with Gasteiger partial charge in [-0.15, -0.1) is 11.3 Å². The Morgan fingerprint density at radius 2 is 1.83 bits per heavy atom. The molecule has 30 heavy (non-hydrogen) atoms. The molecule has 0 bridgehead atoms. The van der Waals surface area contributed by atoms with Crippen LogP contribution in [0, 0.1) is 0 Å². The number of benzene rings is 1. The molecule has 9 heteroatoms. The minimum Gasteiger partial charge on any atom is -0.339 e. The molecule has 0 aliphatic carbocycles. The molecule has 3 heterocycles. The number of hydrogen-bond donors (Lipinski definition) is 3. The fraction of sp³-hybridized carbons (Fsp3) is 0.238. The van der Waals surface area contributed by atoms with E-state index in [0.29, 0.717) is 28.7 Å². The highest BCUT2D eigenvalue weighted by atomic mass is 32.1. The van der Waals surface area contributed by atoms with Crippen LogP contribution in [0.2, 0.25) is 0 Å². The number of urea groups is 1. The minimum atomic E-state index is -0.280. The Hall–Kier alpha value is -3.46. The number of hydrogen-bond acceptors (Lipinski definition) is 6. The fourth-order valence-corrected chi connectivity index (χ4v) is 3.98. The van der Waals surface area contributed by atoms with Gasteiger partial charge >= 0.3 is 6.03 Å². The van der Waals surface area contributed by atoms with Crippen molar-refractivity contribution in [2.24, 2.45) is 0 Å². The molecule has 1 atom stereocenters. The molecular weight excluding hydrogens is 400 g/mol. The van der Waals surface area contributed by atoms with Gasteiger partial charge in [-0.3, -0.25) is 4.79 Å². The van der Waals surface area contributed by atoms with Gasteiger partial charge in [-0.2, -0.15) is 0 Å². The zero-order valence-corrected chi connectivity index (χ0v) is 17.1. The molecule has 8 nitrogen and oxygen atoms in total. The van der Waals surface area contributed by atoms with Crippen LogP contribution in [0.15, 0.2) is 60.2 Å². The van der Waals surface area contributed by atoms with Crippen LogP contribution in [-0.4, -0.2) is 41.0 Å². The lowest BCUT2D eigenvalue weighted by atomic mass is 10.1. The Balaban J connectivity index is 1.32. The predicted molar refractivity (Wildman–Crippen MR) is 118 cm³/mol. The summed E-state index contributed by atoms with van der Waals surface area (Å²) in [7, 11) is 0. The van der Waals surface area contributed by atoms with Crippen LogP contribution in [0.1, 0.15) is 22.5 Å². The maximum absolute atomic E-state index is 12.5. The van der Waals surface area contributed by atoms with E-state index in [1.54, 1.807) is 48.8 Å². The van der Waals surface area contributed by atoms with E-state index >= 15 is 0 Å². The van der Waals surface area contributed by atoms with Crippen molar-refractivity contribution in [3.05, 3.63) is 65.1 Å². The normalized spacial score (nSPS) is 16.0. The van der Waals surface area contributed by atoms with Gasteiger partial charge in [0.2, 0.25) is 5.95 Å². The number of amides is 3. The van der Waals surface area contributed by atoms with Crippen LogP contribution in [-0.2, 0) is 0 Å². The highest BCUT2D eigenvalue weighted by molar-refractivity contribution is 7.12. The smallest absolute Gasteiger partial charge is 0.319 e. The second-order valence-corrected chi connectivity index (χ2v) is 7.89. The first-order chi connectivity index (χ1) is 14.7. The average molecular weight is 423 g/mol. The third-order valence-corrected chi connectivity index (χ3v) is 5.58. The second-order valence-electron chi connectivity index (χ2n) is 6.94. The van der Waals surface area contributed by atoms with Crippen LogP contribution in [0.3, 0.4) is 0 Å². The molecule has 0 spiro atoms. The lowest BCUT2D eigenvalue weighted by molar-refractivity contribution is 0.103. The highest BCUT2D eigenvalue weighted by Gasteiger charge is 2.23. The van der Waals surface area contributed by atoms with Crippen molar-refractivity contribution in [3.63, 3.8) is 0 Å². The summed E-state index contributed by atoms with van der Waals surface area (Å²) >= 11 is 1.38. The van der Waals surface area contributed by atoms with E-state index in [2.05, 4.69) is 30.8 Å². The summed E-state index contributed by atoms with van der Waals surface area (Å²) in [6, 6.07) is 12.2. The van der Waals surface area contributed by atoms with E-state index in [0.717, 1.165) is 19.4 Å². The molecule has 0 radical (unpaired) electrons. The quantitative estimate of drug-likeness (QED) is 0.584. The standard InChI is InChI=1S/C21H22N6O2S/c28-19(18-8-3-12-30-18)24-15-5-1-6-16(13-15)25-21(29)26-17-7-2-11-27(14-17)20-22-9-4-10-23-20/h1,3-6,8-10,12-13,17H,2,7,11,14H2,(H,24,28)(H2,25,26,29). The number of carbonyl (C=O) groups is 2. The topological polar surface area (TPSA) is 99.2 Å². The molecule has 1 saturated heterocycles. The molecule has 2 aromatic heterocycles. The van der Waals surface area contributed by atoms with Crippen LogP contribution in [0.5, 0.6) is 0 Å². The first-order valence-electron chi connectivity index (χ1n) is 9.72. The summed E-state index contributed by atoms with van der Waals surface area (Å²) < 4.78 is 0. The van der Waals surface area contributed by atoms with E-state index < -0.39 is 0 Å². The van der Waals surface area contributed by atoms with Crippen molar-refractivity contribution in [3.8, 4) is 0 Å². The summed E-state index contributed by atoms with van der Waals surface area (Å²) in [5.74, 6) is 0.510. The van der Waals surface area contributed by atoms with Crippen LogP contribution < -0.4 is 20.9 Å². The zero-order valence-electron chi connectivity index (χ0n) is 16.2. The zero-order chi connectivity index (χ0) is 20.8. The van der Waals surface area contributed by atoms with Gasteiger partial charge in [-0.1, -0.05) is 12.1 Å². The van der Waals surface area contributed by atoms with E-state index in [9.17, 15) is 9.59 Å². The molecule has 3 N–H and O–H groups in total. The Labute approximate surface area is 178 Å². The molecule has 1 aromatic carbocycles. The fourth-order valence-electron chi connectivity index (χ4n) is 3.36. The van der Waals surface area contributed by atoms with Crippen molar-refractivity contribution < 1.29 is 9.59 Å². The average Bonchev–Trinajstić information content (AvgIpc) is 3.30. The Morgan fingerprint density at radius 1 is 1.03 bits per heavy atom. The minimum absolute atomic E-state index is 0.00395. The van der Waals surface area contributed by atoms with Crippen molar-refractivity contribution in [1.82, 2.24) is 15.3 Å². The first kappa shape index (κ1) is 19.8. The number of anilines is 3. The van der Waals surface area contributed by atoms with E-state index in [-0.39, 0.29) is 18.0 Å². The molecule has 1 unspecified atom stereocenters.